The molecule has 1 aromatic heterocycles. The van der Waals surface area contributed by atoms with Gasteiger partial charge in [-0.2, -0.15) is 9.78 Å². The van der Waals surface area contributed by atoms with Gasteiger partial charge < -0.3 is 4.74 Å². The highest BCUT2D eigenvalue weighted by Crippen LogP contribution is 2.34. The average molecular weight is 564 g/mol. The lowest BCUT2D eigenvalue weighted by atomic mass is 9.95. The molecule has 0 fully saturated rings. The summed E-state index contributed by atoms with van der Waals surface area (Å²) in [6, 6.07) is 8.24. The second kappa shape index (κ2) is 9.33. The zero-order chi connectivity index (χ0) is 23.6. The van der Waals surface area contributed by atoms with Crippen molar-refractivity contribution in [2.75, 3.05) is 6.61 Å². The molecule has 0 bridgehead atoms. The smallest absolute Gasteiger partial charge is 0.312 e. The fraction of sp³-hybridized carbons (Fsp3) is 0.227. The maximum atomic E-state index is 13.3. The lowest BCUT2D eigenvalue weighted by Gasteiger charge is -2.21. The second-order valence-corrected chi connectivity index (χ2v) is 9.74. The van der Waals surface area contributed by atoms with Gasteiger partial charge in [0, 0.05) is 26.0 Å². The summed E-state index contributed by atoms with van der Waals surface area (Å²) in [6.07, 6.45) is 2.85. The highest BCUT2D eigenvalue weighted by molar-refractivity contribution is 9.10. The summed E-state index contributed by atoms with van der Waals surface area (Å²) < 4.78 is 7.99. The standard InChI is InChI=1S/C22H20Br2N4O4/c1-5-8-32-19-13(9-15(24)11-18(19)28(30)31)12-25-27-20(29)16-10-14(23)6-7-17(16)26-21(27)22(2,3)4/h5-7,9-12H,1,8H2,2-4H3. The maximum Gasteiger partial charge on any atom is 0.312 e. The fourth-order valence-electron chi connectivity index (χ4n) is 2.99. The molecule has 10 heteroatoms. The van der Waals surface area contributed by atoms with Crippen LogP contribution < -0.4 is 10.3 Å². The summed E-state index contributed by atoms with van der Waals surface area (Å²) in [7, 11) is 0. The molecule has 0 N–H and O–H groups in total. The monoisotopic (exact) mass is 562 g/mol. The lowest BCUT2D eigenvalue weighted by Crippen LogP contribution is -2.29. The molecular formula is C22H20Br2N4O4. The van der Waals surface area contributed by atoms with Crippen LogP contribution >= 0.6 is 31.9 Å². The first-order valence-electron chi connectivity index (χ1n) is 9.51. The number of hydrogen-bond acceptors (Lipinski definition) is 6. The first-order chi connectivity index (χ1) is 15.0. The number of rotatable bonds is 6. The van der Waals surface area contributed by atoms with Crippen molar-refractivity contribution in [1.82, 2.24) is 9.66 Å². The molecular weight excluding hydrogens is 544 g/mol. The molecule has 0 radical (unpaired) electrons. The number of hydrogen-bond donors (Lipinski definition) is 0. The van der Waals surface area contributed by atoms with E-state index in [2.05, 4.69) is 48.5 Å². The van der Waals surface area contributed by atoms with Crippen molar-refractivity contribution in [3.8, 4) is 5.75 Å². The molecule has 3 aromatic rings. The van der Waals surface area contributed by atoms with Crippen LogP contribution in [0, 0.1) is 10.1 Å². The highest BCUT2D eigenvalue weighted by atomic mass is 79.9. The molecule has 0 saturated carbocycles. The Morgan fingerprint density at radius 3 is 2.59 bits per heavy atom. The Labute approximate surface area is 201 Å². The van der Waals surface area contributed by atoms with E-state index in [0.717, 1.165) is 4.47 Å². The van der Waals surface area contributed by atoms with E-state index in [4.69, 9.17) is 4.74 Å². The number of halogens is 2. The lowest BCUT2D eigenvalue weighted by molar-refractivity contribution is -0.385. The summed E-state index contributed by atoms with van der Waals surface area (Å²) in [5.74, 6) is 0.482. The molecule has 2 aromatic carbocycles. The molecule has 0 aliphatic rings. The summed E-state index contributed by atoms with van der Waals surface area (Å²) in [5, 5.41) is 16.3. The molecule has 0 saturated heterocycles. The minimum atomic E-state index is -0.539. The van der Waals surface area contributed by atoms with Crippen LogP contribution in [0.5, 0.6) is 5.75 Å². The van der Waals surface area contributed by atoms with Crippen molar-refractivity contribution in [1.29, 1.82) is 0 Å². The molecule has 1 heterocycles. The molecule has 0 atom stereocenters. The van der Waals surface area contributed by atoms with Crippen molar-refractivity contribution in [2.45, 2.75) is 26.2 Å². The molecule has 0 amide bonds. The minimum absolute atomic E-state index is 0.0312. The van der Waals surface area contributed by atoms with Crippen LogP contribution in [-0.2, 0) is 5.41 Å². The van der Waals surface area contributed by atoms with Crippen molar-refractivity contribution in [3.05, 3.63) is 83.8 Å². The van der Waals surface area contributed by atoms with Gasteiger partial charge in [-0.3, -0.25) is 14.9 Å². The Morgan fingerprint density at radius 2 is 1.97 bits per heavy atom. The van der Waals surface area contributed by atoms with Crippen LogP contribution in [0.25, 0.3) is 10.9 Å². The summed E-state index contributed by atoms with van der Waals surface area (Å²) >= 11 is 6.66. The zero-order valence-corrected chi connectivity index (χ0v) is 20.8. The molecule has 8 nitrogen and oxygen atoms in total. The Morgan fingerprint density at radius 1 is 1.25 bits per heavy atom. The van der Waals surface area contributed by atoms with E-state index >= 15 is 0 Å². The fourth-order valence-corrected chi connectivity index (χ4v) is 3.82. The van der Waals surface area contributed by atoms with Crippen molar-refractivity contribution in [3.63, 3.8) is 0 Å². The Hall–Kier alpha value is -2.85. The van der Waals surface area contributed by atoms with E-state index in [1.54, 1.807) is 18.2 Å². The first-order valence-corrected chi connectivity index (χ1v) is 11.1. The molecule has 166 valence electrons. The summed E-state index contributed by atoms with van der Waals surface area (Å²) in [4.78, 5) is 29.0. The third-order valence-corrected chi connectivity index (χ3v) is 5.35. The molecule has 3 rings (SSSR count). The van der Waals surface area contributed by atoms with E-state index in [1.165, 1.54) is 23.0 Å². The topological polar surface area (TPSA) is 99.6 Å². The van der Waals surface area contributed by atoms with Crippen molar-refractivity contribution < 1.29 is 9.66 Å². The van der Waals surface area contributed by atoms with Gasteiger partial charge in [0.2, 0.25) is 5.75 Å². The largest absolute Gasteiger partial charge is 0.482 e. The normalized spacial score (nSPS) is 11.8. The molecule has 0 aliphatic heterocycles. The van der Waals surface area contributed by atoms with Gasteiger partial charge in [-0.1, -0.05) is 65.3 Å². The highest BCUT2D eigenvalue weighted by Gasteiger charge is 2.24. The van der Waals surface area contributed by atoms with Crippen LogP contribution in [0.4, 0.5) is 5.69 Å². The van der Waals surface area contributed by atoms with Gasteiger partial charge >= 0.3 is 5.69 Å². The van der Waals surface area contributed by atoms with Gasteiger partial charge in [0.15, 0.2) is 0 Å². The minimum Gasteiger partial charge on any atom is -0.482 e. The van der Waals surface area contributed by atoms with Gasteiger partial charge in [0.25, 0.3) is 5.56 Å². The number of nitro benzene ring substituents is 1. The van der Waals surface area contributed by atoms with Crippen LogP contribution in [0.3, 0.4) is 0 Å². The molecule has 0 spiro atoms. The van der Waals surface area contributed by atoms with Crippen molar-refractivity contribution in [2.24, 2.45) is 5.10 Å². The third-order valence-electron chi connectivity index (χ3n) is 4.40. The quantitative estimate of drug-likeness (QED) is 0.169. The molecule has 0 unspecified atom stereocenters. The van der Waals surface area contributed by atoms with E-state index in [0.29, 0.717) is 26.8 Å². The predicted octanol–water partition coefficient (Wildman–Crippen LogP) is 5.57. The van der Waals surface area contributed by atoms with Gasteiger partial charge in [-0.25, -0.2) is 4.98 Å². The molecule has 32 heavy (non-hydrogen) atoms. The van der Waals surface area contributed by atoms with Crippen molar-refractivity contribution >= 4 is 54.7 Å². The number of nitro groups is 1. The van der Waals surface area contributed by atoms with E-state index in [9.17, 15) is 14.9 Å². The number of ether oxygens (including phenoxy) is 1. The van der Waals surface area contributed by atoms with E-state index < -0.39 is 10.3 Å². The number of fused-ring (bicyclic) bond motifs is 1. The van der Waals surface area contributed by atoms with Crippen LogP contribution in [0.1, 0.15) is 32.2 Å². The van der Waals surface area contributed by atoms with Crippen LogP contribution in [-0.4, -0.2) is 27.4 Å². The average Bonchev–Trinajstić information content (AvgIpc) is 2.71. The number of benzene rings is 2. The zero-order valence-electron chi connectivity index (χ0n) is 17.6. The Kier molecular flexibility index (Phi) is 6.94. The Bertz CT molecular complexity index is 1310. The SMILES string of the molecule is C=CCOc1c(C=Nn2c(C(C)(C)C)nc3ccc(Br)cc3c2=O)cc(Br)cc1[N+](=O)[O-]. The van der Waals surface area contributed by atoms with Gasteiger partial charge in [-0.05, 0) is 24.3 Å². The second-order valence-electron chi connectivity index (χ2n) is 7.91. The molecule has 0 aliphatic carbocycles. The first kappa shape index (κ1) is 23.8. The van der Waals surface area contributed by atoms with E-state index in [1.807, 2.05) is 26.8 Å². The maximum absolute atomic E-state index is 13.3. The van der Waals surface area contributed by atoms with E-state index in [-0.39, 0.29) is 23.6 Å². The third kappa shape index (κ3) is 4.97. The van der Waals surface area contributed by atoms with Gasteiger partial charge in [0.05, 0.1) is 22.0 Å². The Balaban J connectivity index is 2.27. The van der Waals surface area contributed by atoms with Crippen LogP contribution in [0.15, 0.2) is 61.8 Å². The summed E-state index contributed by atoms with van der Waals surface area (Å²) in [5.41, 5.74) is -0.192. The van der Waals surface area contributed by atoms with Gasteiger partial charge in [-0.15, -0.1) is 0 Å². The predicted molar refractivity (Wildman–Crippen MR) is 132 cm³/mol. The number of nitrogens with zero attached hydrogens (tertiary/aromatic N) is 4. The summed E-state index contributed by atoms with van der Waals surface area (Å²) in [6.45, 7) is 9.43. The van der Waals surface area contributed by atoms with Crippen LogP contribution in [0.2, 0.25) is 0 Å². The number of aromatic nitrogens is 2. The van der Waals surface area contributed by atoms with Gasteiger partial charge in [0.1, 0.15) is 12.4 Å².